The third-order valence-corrected chi connectivity index (χ3v) is 4.59. The van der Waals surface area contributed by atoms with E-state index in [0.717, 1.165) is 23.3 Å². The van der Waals surface area contributed by atoms with Gasteiger partial charge in [-0.3, -0.25) is 4.90 Å². The Morgan fingerprint density at radius 2 is 2.33 bits per heavy atom. The molecule has 1 aromatic heterocycles. The van der Waals surface area contributed by atoms with Gasteiger partial charge in [-0.25, -0.2) is 0 Å². The van der Waals surface area contributed by atoms with Crippen LogP contribution in [-0.4, -0.2) is 24.5 Å². The van der Waals surface area contributed by atoms with Gasteiger partial charge in [0.15, 0.2) is 0 Å². The van der Waals surface area contributed by atoms with Crippen molar-refractivity contribution in [2.75, 3.05) is 19.6 Å². The molecule has 98 valence electrons. The number of thiophene rings is 1. The molecule has 2 nitrogen and oxygen atoms in total. The smallest absolute Gasteiger partial charge is 0.0772 e. The van der Waals surface area contributed by atoms with Gasteiger partial charge < -0.3 is 5.73 Å². The zero-order valence-electron chi connectivity index (χ0n) is 11.3. The molecule has 0 saturated carbocycles. The van der Waals surface area contributed by atoms with Crippen LogP contribution in [0, 0.1) is 23.7 Å². The van der Waals surface area contributed by atoms with Crippen molar-refractivity contribution in [3.05, 3.63) is 21.9 Å². The lowest BCUT2D eigenvalue weighted by atomic mass is 9.95. The average Bonchev–Trinajstić information content (AvgIpc) is 2.96. The van der Waals surface area contributed by atoms with E-state index < -0.39 is 0 Å². The monoisotopic (exact) mass is 262 g/mol. The van der Waals surface area contributed by atoms with E-state index in [-0.39, 0.29) is 0 Å². The molecule has 0 aromatic carbocycles. The minimum Gasteiger partial charge on any atom is -0.320 e. The molecule has 1 unspecified atom stereocenters. The highest BCUT2D eigenvalue weighted by Crippen LogP contribution is 2.26. The predicted octanol–water partition coefficient (Wildman–Crippen LogP) is 2.54. The van der Waals surface area contributed by atoms with E-state index in [1.807, 2.05) is 0 Å². The van der Waals surface area contributed by atoms with Crippen LogP contribution in [0.4, 0.5) is 0 Å². The van der Waals surface area contributed by atoms with Gasteiger partial charge in [0.05, 0.1) is 11.4 Å². The van der Waals surface area contributed by atoms with Gasteiger partial charge in [-0.05, 0) is 36.9 Å². The molecule has 1 aliphatic heterocycles. The lowest BCUT2D eigenvalue weighted by molar-refractivity contribution is 0.299. The van der Waals surface area contributed by atoms with Gasteiger partial charge >= 0.3 is 0 Å². The average molecular weight is 262 g/mol. The van der Waals surface area contributed by atoms with Crippen molar-refractivity contribution in [1.82, 2.24) is 4.90 Å². The highest BCUT2D eigenvalue weighted by atomic mass is 32.1. The van der Waals surface area contributed by atoms with Crippen molar-refractivity contribution in [3.63, 3.8) is 0 Å². The Kier molecular flexibility index (Phi) is 4.82. The van der Waals surface area contributed by atoms with Gasteiger partial charge in [0.25, 0.3) is 0 Å². The molecule has 0 amide bonds. The summed E-state index contributed by atoms with van der Waals surface area (Å²) in [6.45, 7) is 8.68. The van der Waals surface area contributed by atoms with E-state index >= 15 is 0 Å². The molecule has 0 aliphatic carbocycles. The SMILES string of the molecule is CC(C)C1CCN(Cc2ccc(C#CCN)s2)C1. The standard InChI is InChI=1S/C15H22N2S/c1-12(2)13-7-9-17(10-13)11-15-6-5-14(18-15)4-3-8-16/h5-6,12-13H,7-11,16H2,1-2H3. The van der Waals surface area contributed by atoms with Crippen molar-refractivity contribution in [1.29, 1.82) is 0 Å². The summed E-state index contributed by atoms with van der Waals surface area (Å²) in [4.78, 5) is 5.12. The van der Waals surface area contributed by atoms with Crippen molar-refractivity contribution in [3.8, 4) is 11.8 Å². The van der Waals surface area contributed by atoms with Crippen molar-refractivity contribution < 1.29 is 0 Å². The van der Waals surface area contributed by atoms with Gasteiger partial charge in [-0.2, -0.15) is 0 Å². The number of nitrogens with two attached hydrogens (primary N) is 1. The molecule has 3 heteroatoms. The van der Waals surface area contributed by atoms with Gasteiger partial charge in [0.1, 0.15) is 0 Å². The lowest BCUT2D eigenvalue weighted by Crippen LogP contribution is -2.20. The van der Waals surface area contributed by atoms with Crippen LogP contribution < -0.4 is 5.73 Å². The fourth-order valence-electron chi connectivity index (χ4n) is 2.44. The molecule has 1 aromatic rings. The van der Waals surface area contributed by atoms with Crippen LogP contribution in [0.5, 0.6) is 0 Å². The molecule has 0 bridgehead atoms. The molecule has 18 heavy (non-hydrogen) atoms. The third-order valence-electron chi connectivity index (χ3n) is 3.61. The molecule has 1 atom stereocenters. The third kappa shape index (κ3) is 3.58. The van der Waals surface area contributed by atoms with E-state index in [1.54, 1.807) is 11.3 Å². The molecule has 1 fully saturated rings. The van der Waals surface area contributed by atoms with Crippen LogP contribution in [0.1, 0.15) is 30.0 Å². The van der Waals surface area contributed by atoms with Crippen molar-refractivity contribution >= 4 is 11.3 Å². The zero-order valence-corrected chi connectivity index (χ0v) is 12.1. The van der Waals surface area contributed by atoms with E-state index in [0.29, 0.717) is 6.54 Å². The first kappa shape index (κ1) is 13.6. The first-order valence-electron chi connectivity index (χ1n) is 6.69. The lowest BCUT2D eigenvalue weighted by Gasteiger charge is -2.16. The van der Waals surface area contributed by atoms with E-state index in [4.69, 9.17) is 5.73 Å². The number of hydrogen-bond acceptors (Lipinski definition) is 3. The van der Waals surface area contributed by atoms with E-state index in [9.17, 15) is 0 Å². The number of rotatable bonds is 3. The summed E-state index contributed by atoms with van der Waals surface area (Å²) in [5, 5.41) is 0. The summed E-state index contributed by atoms with van der Waals surface area (Å²) >= 11 is 1.80. The fourth-order valence-corrected chi connectivity index (χ4v) is 3.36. The van der Waals surface area contributed by atoms with Gasteiger partial charge in [-0.15, -0.1) is 11.3 Å². The van der Waals surface area contributed by atoms with Crippen LogP contribution in [0.3, 0.4) is 0 Å². The van der Waals surface area contributed by atoms with Crippen molar-refractivity contribution in [2.45, 2.75) is 26.8 Å². The van der Waals surface area contributed by atoms with E-state index in [2.05, 4.69) is 42.7 Å². The molecule has 0 spiro atoms. The molecule has 1 aliphatic rings. The van der Waals surface area contributed by atoms with Crippen LogP contribution >= 0.6 is 11.3 Å². The number of hydrogen-bond donors (Lipinski definition) is 1. The highest BCUT2D eigenvalue weighted by molar-refractivity contribution is 7.12. The summed E-state index contributed by atoms with van der Waals surface area (Å²) in [7, 11) is 0. The van der Waals surface area contributed by atoms with Crippen LogP contribution in [0.25, 0.3) is 0 Å². The maximum atomic E-state index is 5.38. The first-order valence-corrected chi connectivity index (χ1v) is 7.50. The molecular formula is C15H22N2S. The Morgan fingerprint density at radius 3 is 3.00 bits per heavy atom. The quantitative estimate of drug-likeness (QED) is 0.848. The Hall–Kier alpha value is -0.820. The van der Waals surface area contributed by atoms with Gasteiger partial charge in [0, 0.05) is 18.0 Å². The van der Waals surface area contributed by atoms with E-state index in [1.165, 1.54) is 24.4 Å². The molecule has 1 saturated heterocycles. The van der Waals surface area contributed by atoms with Crippen LogP contribution in [0.15, 0.2) is 12.1 Å². The largest absolute Gasteiger partial charge is 0.320 e. The topological polar surface area (TPSA) is 29.3 Å². The van der Waals surface area contributed by atoms with Crippen LogP contribution in [-0.2, 0) is 6.54 Å². The molecule has 2 rings (SSSR count). The molecular weight excluding hydrogens is 240 g/mol. The maximum absolute atomic E-state index is 5.38. The second kappa shape index (κ2) is 6.38. The number of nitrogens with zero attached hydrogens (tertiary/aromatic N) is 1. The second-order valence-corrected chi connectivity index (χ2v) is 6.47. The summed E-state index contributed by atoms with van der Waals surface area (Å²) in [5.74, 6) is 7.70. The first-order chi connectivity index (χ1) is 8.69. The van der Waals surface area contributed by atoms with Gasteiger partial charge in [0.2, 0.25) is 0 Å². The minimum atomic E-state index is 0.440. The summed E-state index contributed by atoms with van der Waals surface area (Å²) in [6, 6.07) is 4.31. The zero-order chi connectivity index (χ0) is 13.0. The Morgan fingerprint density at radius 1 is 1.50 bits per heavy atom. The maximum Gasteiger partial charge on any atom is 0.0772 e. The van der Waals surface area contributed by atoms with Crippen molar-refractivity contribution in [2.24, 2.45) is 17.6 Å². The Labute approximate surface area is 114 Å². The second-order valence-electron chi connectivity index (χ2n) is 5.30. The van der Waals surface area contributed by atoms with Crippen LogP contribution in [0.2, 0.25) is 0 Å². The summed E-state index contributed by atoms with van der Waals surface area (Å²) < 4.78 is 0. The molecule has 2 N–H and O–H groups in total. The number of likely N-dealkylation sites (tertiary alicyclic amines) is 1. The Balaban J connectivity index is 1.89. The molecule has 0 radical (unpaired) electrons. The van der Waals surface area contributed by atoms with Gasteiger partial charge in [-0.1, -0.05) is 25.7 Å². The normalized spacial score (nSPS) is 20.1. The minimum absolute atomic E-state index is 0.440. The predicted molar refractivity (Wildman–Crippen MR) is 78.5 cm³/mol. The molecule has 2 heterocycles. The summed E-state index contributed by atoms with van der Waals surface area (Å²) in [5.41, 5.74) is 5.38. The Bertz CT molecular complexity index is 439. The fraction of sp³-hybridized carbons (Fsp3) is 0.600. The summed E-state index contributed by atoms with van der Waals surface area (Å²) in [6.07, 6.45) is 1.35. The highest BCUT2D eigenvalue weighted by Gasteiger charge is 2.24.